The molecule has 0 unspecified atom stereocenters. The maximum Gasteiger partial charge on any atom is 0.265 e. The van der Waals surface area contributed by atoms with Crippen molar-refractivity contribution in [2.45, 2.75) is 12.8 Å². The minimum Gasteiger partial charge on any atom is -0.381 e. The van der Waals surface area contributed by atoms with Crippen molar-refractivity contribution in [3.63, 3.8) is 0 Å². The highest BCUT2D eigenvalue weighted by Gasteiger charge is 2.38. The normalized spacial score (nSPS) is 15.6. The predicted molar refractivity (Wildman–Crippen MR) is 106 cm³/mol. The zero-order valence-electron chi connectivity index (χ0n) is 14.2. The van der Waals surface area contributed by atoms with Crippen LogP contribution in [-0.4, -0.2) is 31.6 Å². The van der Waals surface area contributed by atoms with Crippen molar-refractivity contribution in [1.29, 1.82) is 0 Å². The third kappa shape index (κ3) is 4.62. The molecule has 0 bridgehead atoms. The van der Waals surface area contributed by atoms with Gasteiger partial charge in [-0.3, -0.25) is 9.59 Å². The highest BCUT2D eigenvalue weighted by atomic mass is 35.5. The Kier molecular flexibility index (Phi) is 7.16. The Morgan fingerprint density at radius 2 is 1.69 bits per heavy atom. The Hall–Kier alpha value is -1.93. The zero-order chi connectivity index (χ0) is 17.7. The fraction of sp³-hybridized carbons (Fsp3) is 0.333. The molecule has 0 radical (unpaired) electrons. The molecule has 4 N–H and O–H groups in total. The van der Waals surface area contributed by atoms with E-state index in [1.165, 1.54) is 11.3 Å². The van der Waals surface area contributed by atoms with Crippen LogP contribution >= 0.6 is 23.7 Å². The lowest BCUT2D eigenvalue weighted by Crippen LogP contribution is -2.46. The lowest BCUT2D eigenvalue weighted by Gasteiger charge is -2.34. The molecule has 0 saturated carbocycles. The number of hydrogen-bond donors (Lipinski definition) is 3. The number of amides is 2. The molecule has 0 aliphatic carbocycles. The van der Waals surface area contributed by atoms with Gasteiger partial charge in [0.05, 0.1) is 10.3 Å². The first kappa shape index (κ1) is 20.4. The van der Waals surface area contributed by atoms with E-state index in [1.807, 2.05) is 11.4 Å². The number of rotatable bonds is 5. The van der Waals surface area contributed by atoms with E-state index in [1.54, 1.807) is 30.3 Å². The summed E-state index contributed by atoms with van der Waals surface area (Å²) in [5.74, 6) is -0.218. The van der Waals surface area contributed by atoms with Gasteiger partial charge in [0.1, 0.15) is 0 Å². The van der Waals surface area contributed by atoms with Crippen LogP contribution in [0.4, 0.5) is 11.4 Å². The summed E-state index contributed by atoms with van der Waals surface area (Å²) in [6.07, 6.45) is 1.26. The summed E-state index contributed by atoms with van der Waals surface area (Å²) in [4.78, 5) is 25.3. The van der Waals surface area contributed by atoms with Crippen molar-refractivity contribution in [1.82, 2.24) is 0 Å². The Balaban J connectivity index is 0.00000243. The number of halogens is 1. The molecule has 0 atom stereocenters. The largest absolute Gasteiger partial charge is 0.381 e. The summed E-state index contributed by atoms with van der Waals surface area (Å²) in [5.41, 5.74) is 6.65. The number of nitrogens with two attached hydrogens (primary N) is 1. The smallest absolute Gasteiger partial charge is 0.265 e. The number of anilines is 2. The highest BCUT2D eigenvalue weighted by molar-refractivity contribution is 7.12. The molecule has 1 aliphatic heterocycles. The van der Waals surface area contributed by atoms with Crippen molar-refractivity contribution < 1.29 is 14.3 Å². The molecule has 3 rings (SSSR count). The summed E-state index contributed by atoms with van der Waals surface area (Å²) in [6.45, 7) is 1.41. The lowest BCUT2D eigenvalue weighted by molar-refractivity contribution is -0.130. The fourth-order valence-electron chi connectivity index (χ4n) is 2.79. The Bertz CT molecular complexity index is 729. The van der Waals surface area contributed by atoms with Gasteiger partial charge in [0, 0.05) is 31.1 Å². The summed E-state index contributed by atoms with van der Waals surface area (Å²) in [7, 11) is 0. The summed E-state index contributed by atoms with van der Waals surface area (Å²) in [6, 6.07) is 10.7. The van der Waals surface area contributed by atoms with Crippen LogP contribution < -0.4 is 16.4 Å². The molecule has 6 nitrogen and oxygen atoms in total. The maximum absolute atomic E-state index is 12.6. The maximum atomic E-state index is 12.6. The quantitative estimate of drug-likeness (QED) is 0.725. The summed E-state index contributed by atoms with van der Waals surface area (Å²) < 4.78 is 5.34. The Morgan fingerprint density at radius 1 is 1.08 bits per heavy atom. The standard InChI is InChI=1S/C18H21N3O3S.ClH/c19-12-18(7-9-24-10-8-18)17(23)21-14-5-3-13(4-6-14)20-16(22)15-2-1-11-25-15;/h1-6,11H,7-10,12,19H2,(H,20,22)(H,21,23);1H. The van der Waals surface area contributed by atoms with Crippen molar-refractivity contribution in [3.8, 4) is 0 Å². The van der Waals surface area contributed by atoms with Crippen LogP contribution in [0.1, 0.15) is 22.5 Å². The number of hydrogen-bond acceptors (Lipinski definition) is 5. The highest BCUT2D eigenvalue weighted by Crippen LogP contribution is 2.31. The van der Waals surface area contributed by atoms with Crippen molar-refractivity contribution in [3.05, 3.63) is 46.7 Å². The van der Waals surface area contributed by atoms with Crippen LogP contribution in [0.25, 0.3) is 0 Å². The fourth-order valence-corrected chi connectivity index (χ4v) is 3.41. The summed E-state index contributed by atoms with van der Waals surface area (Å²) in [5, 5.41) is 7.61. The van der Waals surface area contributed by atoms with Crippen LogP contribution in [-0.2, 0) is 9.53 Å². The predicted octanol–water partition coefficient (Wildman–Crippen LogP) is 3.12. The zero-order valence-corrected chi connectivity index (χ0v) is 15.8. The van der Waals surface area contributed by atoms with Gasteiger partial charge in [0.2, 0.25) is 5.91 Å². The van der Waals surface area contributed by atoms with Gasteiger partial charge in [0.25, 0.3) is 5.91 Å². The molecule has 1 saturated heterocycles. The molecule has 2 aromatic rings. The van der Waals surface area contributed by atoms with E-state index in [0.29, 0.717) is 48.9 Å². The second-order valence-corrected chi connectivity index (χ2v) is 7.01. The van der Waals surface area contributed by atoms with E-state index in [4.69, 9.17) is 10.5 Å². The third-order valence-electron chi connectivity index (χ3n) is 4.47. The first-order chi connectivity index (χ1) is 12.1. The van der Waals surface area contributed by atoms with E-state index >= 15 is 0 Å². The number of ether oxygens (including phenoxy) is 1. The van der Waals surface area contributed by atoms with E-state index in [0.717, 1.165) is 0 Å². The van der Waals surface area contributed by atoms with Gasteiger partial charge in [-0.2, -0.15) is 0 Å². The van der Waals surface area contributed by atoms with Crippen molar-refractivity contribution >= 4 is 46.9 Å². The van der Waals surface area contributed by atoms with Crippen LogP contribution in [0.5, 0.6) is 0 Å². The van der Waals surface area contributed by atoms with Gasteiger partial charge in [0.15, 0.2) is 0 Å². The first-order valence-electron chi connectivity index (χ1n) is 8.17. The first-order valence-corrected chi connectivity index (χ1v) is 9.05. The topological polar surface area (TPSA) is 93.5 Å². The molecule has 1 aromatic carbocycles. The van der Waals surface area contributed by atoms with Gasteiger partial charge in [-0.25, -0.2) is 0 Å². The van der Waals surface area contributed by atoms with Gasteiger partial charge in [-0.05, 0) is 48.6 Å². The molecular weight excluding hydrogens is 374 g/mol. The number of carbonyl (C=O) groups is 2. The number of thiophene rings is 1. The molecule has 1 aliphatic rings. The van der Waals surface area contributed by atoms with Crippen LogP contribution in [0.3, 0.4) is 0 Å². The second kappa shape index (κ2) is 9.14. The van der Waals surface area contributed by atoms with Crippen molar-refractivity contribution in [2.75, 3.05) is 30.4 Å². The molecule has 1 fully saturated rings. The SMILES string of the molecule is Cl.NCC1(C(=O)Nc2ccc(NC(=O)c3cccs3)cc2)CCOCC1. The van der Waals surface area contributed by atoms with E-state index in [9.17, 15) is 9.59 Å². The van der Waals surface area contributed by atoms with Crippen LogP contribution in [0.15, 0.2) is 41.8 Å². The van der Waals surface area contributed by atoms with Crippen LogP contribution in [0, 0.1) is 5.41 Å². The molecule has 26 heavy (non-hydrogen) atoms. The van der Waals surface area contributed by atoms with Gasteiger partial charge in [-0.1, -0.05) is 6.07 Å². The molecule has 1 aromatic heterocycles. The van der Waals surface area contributed by atoms with Crippen LogP contribution in [0.2, 0.25) is 0 Å². The molecule has 2 amide bonds. The van der Waals surface area contributed by atoms with Gasteiger partial charge >= 0.3 is 0 Å². The Morgan fingerprint density at radius 3 is 2.23 bits per heavy atom. The average molecular weight is 396 g/mol. The number of carbonyl (C=O) groups excluding carboxylic acids is 2. The number of nitrogens with one attached hydrogen (secondary N) is 2. The number of benzene rings is 1. The van der Waals surface area contributed by atoms with E-state index in [2.05, 4.69) is 10.6 Å². The van der Waals surface area contributed by atoms with E-state index in [-0.39, 0.29) is 24.2 Å². The second-order valence-electron chi connectivity index (χ2n) is 6.06. The van der Waals surface area contributed by atoms with Gasteiger partial charge < -0.3 is 21.1 Å². The molecule has 140 valence electrons. The lowest BCUT2D eigenvalue weighted by atomic mass is 9.79. The average Bonchev–Trinajstić information content (AvgIpc) is 3.19. The van der Waals surface area contributed by atoms with E-state index < -0.39 is 5.41 Å². The Labute approximate surface area is 162 Å². The molecule has 8 heteroatoms. The monoisotopic (exact) mass is 395 g/mol. The minimum atomic E-state index is -0.565. The van der Waals surface area contributed by atoms with Crippen molar-refractivity contribution in [2.24, 2.45) is 11.1 Å². The van der Waals surface area contributed by atoms with Gasteiger partial charge in [-0.15, -0.1) is 23.7 Å². The third-order valence-corrected chi connectivity index (χ3v) is 5.34. The summed E-state index contributed by atoms with van der Waals surface area (Å²) >= 11 is 1.39. The molecule has 2 heterocycles. The minimum absolute atomic E-state index is 0. The molecular formula is C18H22ClN3O3S. The molecule has 0 spiro atoms.